The molecule has 2 heterocycles. The monoisotopic (exact) mass is 329 g/mol. The molecular weight excluding hydrogens is 306 g/mol. The number of thiazole rings is 1. The van der Waals surface area contributed by atoms with Crippen molar-refractivity contribution in [2.45, 2.75) is 45.2 Å². The predicted octanol–water partition coefficient (Wildman–Crippen LogP) is 3.44. The van der Waals surface area contributed by atoms with Crippen LogP contribution in [0.1, 0.15) is 42.8 Å². The number of hydrogen-bond acceptors (Lipinski definition) is 4. The third-order valence-electron chi connectivity index (χ3n) is 4.23. The molecule has 0 spiro atoms. The maximum atomic E-state index is 12.4. The molecule has 0 aliphatic carbocycles. The Balaban J connectivity index is 1.71. The minimum Gasteiger partial charge on any atom is -0.347 e. The van der Waals surface area contributed by atoms with E-state index in [1.807, 2.05) is 32.0 Å². The summed E-state index contributed by atoms with van der Waals surface area (Å²) in [6.07, 6.45) is 3.21. The van der Waals surface area contributed by atoms with Crippen molar-refractivity contribution in [1.29, 1.82) is 0 Å². The molecule has 1 aliphatic heterocycles. The van der Waals surface area contributed by atoms with E-state index in [1.165, 1.54) is 0 Å². The summed E-state index contributed by atoms with van der Waals surface area (Å²) >= 11 is 1.66. The number of carbonyl (C=O) groups excluding carboxylic acids is 1. The van der Waals surface area contributed by atoms with Crippen molar-refractivity contribution in [2.75, 3.05) is 6.54 Å². The van der Waals surface area contributed by atoms with Gasteiger partial charge in [0.25, 0.3) is 0 Å². The number of piperidine rings is 1. The summed E-state index contributed by atoms with van der Waals surface area (Å²) < 4.78 is 0. The van der Waals surface area contributed by atoms with Gasteiger partial charge >= 0.3 is 0 Å². The molecule has 1 aromatic carbocycles. The van der Waals surface area contributed by atoms with Crippen molar-refractivity contribution in [3.05, 3.63) is 40.9 Å². The zero-order chi connectivity index (χ0) is 16.2. The smallest absolute Gasteiger partial charge is 0.237 e. The Morgan fingerprint density at radius 3 is 2.83 bits per heavy atom. The maximum Gasteiger partial charge on any atom is 0.237 e. The SMILES string of the molecule is Cc1nc(-c2ccccc2)sc1C(C)NC(=O)C1CCCCN1. The van der Waals surface area contributed by atoms with Crippen molar-refractivity contribution < 1.29 is 4.79 Å². The molecule has 122 valence electrons. The van der Waals surface area contributed by atoms with E-state index in [0.29, 0.717) is 0 Å². The van der Waals surface area contributed by atoms with Gasteiger partial charge in [0.05, 0.1) is 22.7 Å². The summed E-state index contributed by atoms with van der Waals surface area (Å²) in [5, 5.41) is 7.45. The fraction of sp³-hybridized carbons (Fsp3) is 0.444. The summed E-state index contributed by atoms with van der Waals surface area (Å²) in [6.45, 7) is 4.99. The van der Waals surface area contributed by atoms with Gasteiger partial charge in [-0.1, -0.05) is 36.8 Å². The molecule has 1 saturated heterocycles. The molecule has 0 radical (unpaired) electrons. The molecule has 1 aliphatic rings. The van der Waals surface area contributed by atoms with E-state index in [0.717, 1.165) is 46.9 Å². The van der Waals surface area contributed by atoms with Gasteiger partial charge in [-0.25, -0.2) is 4.98 Å². The second-order valence-electron chi connectivity index (χ2n) is 6.07. The zero-order valence-electron chi connectivity index (χ0n) is 13.6. The van der Waals surface area contributed by atoms with Crippen molar-refractivity contribution in [3.8, 4) is 10.6 Å². The van der Waals surface area contributed by atoms with Crippen molar-refractivity contribution >= 4 is 17.2 Å². The first-order valence-electron chi connectivity index (χ1n) is 8.21. The summed E-state index contributed by atoms with van der Waals surface area (Å²) in [4.78, 5) is 18.2. The second-order valence-corrected chi connectivity index (χ2v) is 7.10. The van der Waals surface area contributed by atoms with Gasteiger partial charge < -0.3 is 10.6 Å². The Morgan fingerprint density at radius 2 is 2.13 bits per heavy atom. The molecule has 0 bridgehead atoms. The Bertz CT molecular complexity index is 662. The molecule has 5 heteroatoms. The first-order valence-corrected chi connectivity index (χ1v) is 9.03. The third kappa shape index (κ3) is 3.79. The number of benzene rings is 1. The lowest BCUT2D eigenvalue weighted by Crippen LogP contribution is -2.47. The molecule has 4 nitrogen and oxygen atoms in total. The molecule has 2 aromatic rings. The number of carbonyl (C=O) groups is 1. The van der Waals surface area contributed by atoms with Crippen LogP contribution in [-0.2, 0) is 4.79 Å². The average Bonchev–Trinajstić information content (AvgIpc) is 2.98. The zero-order valence-corrected chi connectivity index (χ0v) is 14.5. The van der Waals surface area contributed by atoms with Gasteiger partial charge in [-0.15, -0.1) is 11.3 Å². The molecule has 1 fully saturated rings. The van der Waals surface area contributed by atoms with Crippen LogP contribution >= 0.6 is 11.3 Å². The average molecular weight is 329 g/mol. The van der Waals surface area contributed by atoms with Crippen LogP contribution in [0.4, 0.5) is 0 Å². The quantitative estimate of drug-likeness (QED) is 0.903. The minimum atomic E-state index is -0.0481. The van der Waals surface area contributed by atoms with Crippen molar-refractivity contribution in [2.24, 2.45) is 0 Å². The third-order valence-corrected chi connectivity index (χ3v) is 5.62. The summed E-state index contributed by atoms with van der Waals surface area (Å²) in [5.74, 6) is 0.103. The number of hydrogen-bond donors (Lipinski definition) is 2. The Hall–Kier alpha value is -1.72. The standard InChI is InChI=1S/C18H23N3OS/c1-12(20-17(22)15-10-6-7-11-19-15)16-13(2)21-18(23-16)14-8-4-3-5-9-14/h3-5,8-9,12,15,19H,6-7,10-11H2,1-2H3,(H,20,22). The number of rotatable bonds is 4. The molecule has 2 unspecified atom stereocenters. The Morgan fingerprint density at radius 1 is 1.35 bits per heavy atom. The highest BCUT2D eigenvalue weighted by molar-refractivity contribution is 7.15. The second kappa shape index (κ2) is 7.23. The normalized spacial score (nSPS) is 19.3. The number of aryl methyl sites for hydroxylation is 1. The van der Waals surface area contributed by atoms with Gasteiger partial charge in [-0.2, -0.15) is 0 Å². The highest BCUT2D eigenvalue weighted by atomic mass is 32.1. The van der Waals surface area contributed by atoms with Crippen molar-refractivity contribution in [1.82, 2.24) is 15.6 Å². The molecule has 1 amide bonds. The van der Waals surface area contributed by atoms with Crippen LogP contribution in [0.2, 0.25) is 0 Å². The largest absolute Gasteiger partial charge is 0.347 e. The van der Waals surface area contributed by atoms with Gasteiger partial charge in [0.1, 0.15) is 5.01 Å². The molecule has 3 rings (SSSR count). The summed E-state index contributed by atoms with van der Waals surface area (Å²) in [7, 11) is 0. The lowest BCUT2D eigenvalue weighted by atomic mass is 10.0. The van der Waals surface area contributed by atoms with E-state index in [1.54, 1.807) is 11.3 Å². The Kier molecular flexibility index (Phi) is 5.08. The first kappa shape index (κ1) is 16.1. The molecule has 23 heavy (non-hydrogen) atoms. The number of nitrogens with zero attached hydrogens (tertiary/aromatic N) is 1. The number of aromatic nitrogens is 1. The van der Waals surface area contributed by atoms with Crippen LogP contribution in [0.5, 0.6) is 0 Å². The van der Waals surface area contributed by atoms with Crippen LogP contribution in [0, 0.1) is 6.92 Å². The van der Waals surface area contributed by atoms with Crippen LogP contribution < -0.4 is 10.6 Å². The minimum absolute atomic E-state index is 0.0128. The highest BCUT2D eigenvalue weighted by Crippen LogP contribution is 2.31. The fourth-order valence-corrected chi connectivity index (χ4v) is 4.04. The number of amides is 1. The molecule has 2 N–H and O–H groups in total. The van der Waals surface area contributed by atoms with E-state index < -0.39 is 0 Å². The highest BCUT2D eigenvalue weighted by Gasteiger charge is 2.23. The van der Waals surface area contributed by atoms with E-state index in [9.17, 15) is 4.79 Å². The first-order chi connectivity index (χ1) is 11.1. The van der Waals surface area contributed by atoms with Gasteiger partial charge in [0, 0.05) is 5.56 Å². The van der Waals surface area contributed by atoms with Gasteiger partial charge in [-0.05, 0) is 33.2 Å². The van der Waals surface area contributed by atoms with Gasteiger partial charge in [-0.3, -0.25) is 4.79 Å². The van der Waals surface area contributed by atoms with Crippen LogP contribution in [0.25, 0.3) is 10.6 Å². The lowest BCUT2D eigenvalue weighted by molar-refractivity contribution is -0.124. The molecule has 2 atom stereocenters. The maximum absolute atomic E-state index is 12.4. The van der Waals surface area contributed by atoms with E-state index in [-0.39, 0.29) is 18.0 Å². The molecule has 1 aromatic heterocycles. The van der Waals surface area contributed by atoms with Gasteiger partial charge in [0.15, 0.2) is 0 Å². The fourth-order valence-electron chi connectivity index (χ4n) is 2.97. The number of nitrogens with one attached hydrogen (secondary N) is 2. The topological polar surface area (TPSA) is 54.0 Å². The van der Waals surface area contributed by atoms with Crippen LogP contribution in [0.15, 0.2) is 30.3 Å². The van der Waals surface area contributed by atoms with E-state index in [4.69, 9.17) is 0 Å². The van der Waals surface area contributed by atoms with Crippen molar-refractivity contribution in [3.63, 3.8) is 0 Å². The Labute approximate surface area is 141 Å². The predicted molar refractivity (Wildman–Crippen MR) is 94.5 cm³/mol. The van der Waals surface area contributed by atoms with Gasteiger partial charge in [0.2, 0.25) is 5.91 Å². The summed E-state index contributed by atoms with van der Waals surface area (Å²) in [6, 6.07) is 10.1. The van der Waals surface area contributed by atoms with E-state index >= 15 is 0 Å². The summed E-state index contributed by atoms with van der Waals surface area (Å²) in [5.41, 5.74) is 2.12. The van der Waals surface area contributed by atoms with Crippen LogP contribution in [0.3, 0.4) is 0 Å². The van der Waals surface area contributed by atoms with Crippen LogP contribution in [-0.4, -0.2) is 23.5 Å². The molecular formula is C18H23N3OS. The lowest BCUT2D eigenvalue weighted by Gasteiger charge is -2.24. The molecule has 0 saturated carbocycles. The van der Waals surface area contributed by atoms with E-state index in [2.05, 4.69) is 27.8 Å².